The molecule has 1 heterocycles. The Bertz CT molecular complexity index is 703. The number of likely N-dealkylation sites (tertiary alicyclic amines) is 1. The average Bonchev–Trinajstić information content (AvgIpc) is 3.16. The summed E-state index contributed by atoms with van der Waals surface area (Å²) in [5.74, 6) is 2.07. The number of rotatable bonds is 8. The summed E-state index contributed by atoms with van der Waals surface area (Å²) >= 11 is 6.34. The first-order valence-corrected chi connectivity index (χ1v) is 10.2. The minimum atomic E-state index is 0. The molecule has 0 aromatic heterocycles. The Morgan fingerprint density at radius 1 is 1.34 bits per heavy atom. The fourth-order valence-corrected chi connectivity index (χ4v) is 3.45. The van der Waals surface area contributed by atoms with Gasteiger partial charge < -0.3 is 25.0 Å². The van der Waals surface area contributed by atoms with Crippen molar-refractivity contribution in [3.63, 3.8) is 0 Å². The van der Waals surface area contributed by atoms with Gasteiger partial charge in [-0.25, -0.2) is 4.99 Å². The van der Waals surface area contributed by atoms with Crippen molar-refractivity contribution >= 4 is 47.4 Å². The number of aliphatic imine (C=N–C) groups is 1. The second-order valence-electron chi connectivity index (χ2n) is 6.56. The Morgan fingerprint density at radius 2 is 2.10 bits per heavy atom. The van der Waals surface area contributed by atoms with Crippen LogP contribution in [-0.2, 0) is 11.3 Å². The molecule has 1 fully saturated rings. The van der Waals surface area contributed by atoms with Crippen LogP contribution in [0.2, 0.25) is 5.02 Å². The topological polar surface area (TPSA) is 75.2 Å². The van der Waals surface area contributed by atoms with E-state index in [2.05, 4.69) is 15.6 Å². The largest absolute Gasteiger partial charge is 0.493 e. The number of methoxy groups -OCH3 is 1. The van der Waals surface area contributed by atoms with E-state index in [0.29, 0.717) is 42.6 Å². The molecule has 1 saturated heterocycles. The van der Waals surface area contributed by atoms with E-state index in [1.54, 1.807) is 7.11 Å². The molecule has 0 radical (unpaired) electrons. The molecule has 1 unspecified atom stereocenters. The van der Waals surface area contributed by atoms with Gasteiger partial charge in [-0.15, -0.1) is 24.0 Å². The average molecular weight is 539 g/mol. The molecule has 9 heteroatoms. The van der Waals surface area contributed by atoms with Crippen LogP contribution in [0.1, 0.15) is 39.2 Å². The highest BCUT2D eigenvalue weighted by molar-refractivity contribution is 14.0. The van der Waals surface area contributed by atoms with Crippen LogP contribution >= 0.6 is 35.6 Å². The molecule has 29 heavy (non-hydrogen) atoms. The molecule has 0 bridgehead atoms. The second-order valence-corrected chi connectivity index (χ2v) is 6.97. The van der Waals surface area contributed by atoms with Gasteiger partial charge in [-0.05, 0) is 38.0 Å². The van der Waals surface area contributed by atoms with E-state index in [1.165, 1.54) is 0 Å². The van der Waals surface area contributed by atoms with Crippen LogP contribution < -0.4 is 20.1 Å². The third kappa shape index (κ3) is 7.40. The van der Waals surface area contributed by atoms with E-state index in [0.717, 1.165) is 31.0 Å². The molecule has 1 aliphatic heterocycles. The van der Waals surface area contributed by atoms with Crippen molar-refractivity contribution in [1.29, 1.82) is 0 Å². The summed E-state index contributed by atoms with van der Waals surface area (Å²) in [5, 5.41) is 7.19. The van der Waals surface area contributed by atoms with Crippen LogP contribution in [0.5, 0.6) is 11.5 Å². The van der Waals surface area contributed by atoms with Crippen LogP contribution in [0, 0.1) is 0 Å². The fraction of sp³-hybridized carbons (Fsp3) is 0.600. The molecule has 1 aromatic carbocycles. The molecule has 0 spiro atoms. The molecule has 0 saturated carbocycles. The van der Waals surface area contributed by atoms with Crippen molar-refractivity contribution in [3.05, 3.63) is 22.7 Å². The number of amides is 1. The normalized spacial score (nSPS) is 16.2. The number of ether oxygens (including phenoxy) is 2. The van der Waals surface area contributed by atoms with E-state index in [9.17, 15) is 4.79 Å². The number of nitrogens with one attached hydrogen (secondary N) is 2. The maximum atomic E-state index is 11.9. The lowest BCUT2D eigenvalue weighted by molar-refractivity contribution is -0.129. The highest BCUT2D eigenvalue weighted by Gasteiger charge is 2.25. The van der Waals surface area contributed by atoms with E-state index < -0.39 is 0 Å². The summed E-state index contributed by atoms with van der Waals surface area (Å²) in [6, 6.07) is 3.94. The number of carbonyl (C=O) groups is 1. The quantitative estimate of drug-likeness (QED) is 0.301. The monoisotopic (exact) mass is 538 g/mol. The number of nitrogens with zero attached hydrogens (tertiary/aromatic N) is 2. The minimum Gasteiger partial charge on any atom is -0.493 e. The van der Waals surface area contributed by atoms with Gasteiger partial charge in [0.1, 0.15) is 0 Å². The van der Waals surface area contributed by atoms with Crippen molar-refractivity contribution in [2.45, 2.75) is 46.2 Å². The Hall–Kier alpha value is -1.42. The van der Waals surface area contributed by atoms with Crippen molar-refractivity contribution in [1.82, 2.24) is 15.5 Å². The van der Waals surface area contributed by atoms with Crippen molar-refractivity contribution in [2.24, 2.45) is 4.99 Å². The fourth-order valence-electron chi connectivity index (χ4n) is 3.16. The standard InChI is InChI=1S/C20H31ClN4O3.HI/c1-5-18(26)25-9-8-15(13-25)24-20(22-6-2)23-12-14-10-16(21)19(28-7-3)17(11-14)27-4;/h10-11,15H,5-9,12-13H2,1-4H3,(H2,22,23,24);1H. The summed E-state index contributed by atoms with van der Waals surface area (Å²) in [5.41, 5.74) is 0.928. The summed E-state index contributed by atoms with van der Waals surface area (Å²) in [6.07, 6.45) is 1.46. The van der Waals surface area contributed by atoms with E-state index >= 15 is 0 Å². The molecular formula is C20H32ClIN4O3. The molecule has 2 N–H and O–H groups in total. The molecule has 1 aliphatic rings. The van der Waals surface area contributed by atoms with Crippen LogP contribution in [-0.4, -0.2) is 56.2 Å². The first kappa shape index (κ1) is 25.6. The van der Waals surface area contributed by atoms with E-state index in [-0.39, 0.29) is 35.9 Å². The number of carbonyl (C=O) groups excluding carboxylic acids is 1. The zero-order valence-electron chi connectivity index (χ0n) is 17.6. The smallest absolute Gasteiger partial charge is 0.222 e. The van der Waals surface area contributed by atoms with Gasteiger partial charge in [0, 0.05) is 32.1 Å². The third-order valence-corrected chi connectivity index (χ3v) is 4.81. The van der Waals surface area contributed by atoms with Crippen LogP contribution in [0.4, 0.5) is 0 Å². The van der Waals surface area contributed by atoms with Crippen LogP contribution in [0.3, 0.4) is 0 Å². The first-order chi connectivity index (χ1) is 13.5. The summed E-state index contributed by atoms with van der Waals surface area (Å²) in [6.45, 7) is 9.03. The Labute approximate surface area is 195 Å². The van der Waals surface area contributed by atoms with E-state index in [1.807, 2.05) is 37.8 Å². The molecular weight excluding hydrogens is 507 g/mol. The predicted octanol–water partition coefficient (Wildman–Crippen LogP) is 3.43. The third-order valence-electron chi connectivity index (χ3n) is 4.53. The minimum absolute atomic E-state index is 0. The summed E-state index contributed by atoms with van der Waals surface area (Å²) in [7, 11) is 1.59. The number of halogens is 2. The van der Waals surface area contributed by atoms with Gasteiger partial charge >= 0.3 is 0 Å². The molecule has 1 aromatic rings. The summed E-state index contributed by atoms with van der Waals surface area (Å²) < 4.78 is 11.0. The SMILES string of the molecule is CCNC(=NCc1cc(Cl)c(OCC)c(OC)c1)NC1CCN(C(=O)CC)C1.I. The predicted molar refractivity (Wildman–Crippen MR) is 128 cm³/mol. The lowest BCUT2D eigenvalue weighted by Gasteiger charge is -2.19. The number of hydrogen-bond acceptors (Lipinski definition) is 4. The maximum Gasteiger partial charge on any atom is 0.222 e. The highest BCUT2D eigenvalue weighted by Crippen LogP contribution is 2.36. The number of benzene rings is 1. The zero-order valence-corrected chi connectivity index (χ0v) is 20.7. The lowest BCUT2D eigenvalue weighted by atomic mass is 10.2. The molecule has 1 amide bonds. The van der Waals surface area contributed by atoms with Gasteiger partial charge in [-0.1, -0.05) is 18.5 Å². The van der Waals surface area contributed by atoms with Crippen LogP contribution in [0.15, 0.2) is 17.1 Å². The van der Waals surface area contributed by atoms with E-state index in [4.69, 9.17) is 21.1 Å². The van der Waals surface area contributed by atoms with Gasteiger partial charge in [0.05, 0.1) is 25.3 Å². The molecule has 164 valence electrons. The maximum absolute atomic E-state index is 11.9. The van der Waals surface area contributed by atoms with Crippen molar-refractivity contribution in [2.75, 3.05) is 33.4 Å². The van der Waals surface area contributed by atoms with Gasteiger partial charge in [-0.2, -0.15) is 0 Å². The summed E-state index contributed by atoms with van der Waals surface area (Å²) in [4.78, 5) is 18.4. The zero-order chi connectivity index (χ0) is 20.5. The second kappa shape index (κ2) is 13.0. The molecule has 0 aliphatic carbocycles. The lowest BCUT2D eigenvalue weighted by Crippen LogP contribution is -2.45. The van der Waals surface area contributed by atoms with Crippen molar-refractivity contribution in [3.8, 4) is 11.5 Å². The first-order valence-electron chi connectivity index (χ1n) is 9.84. The van der Waals surface area contributed by atoms with Crippen molar-refractivity contribution < 1.29 is 14.3 Å². The Kier molecular flexibility index (Phi) is 11.5. The Morgan fingerprint density at radius 3 is 2.72 bits per heavy atom. The van der Waals surface area contributed by atoms with Gasteiger partial charge in [0.15, 0.2) is 17.5 Å². The molecule has 2 rings (SSSR count). The highest BCUT2D eigenvalue weighted by atomic mass is 127. The van der Waals surface area contributed by atoms with Gasteiger partial charge in [0.25, 0.3) is 0 Å². The molecule has 7 nitrogen and oxygen atoms in total. The van der Waals surface area contributed by atoms with Crippen LogP contribution in [0.25, 0.3) is 0 Å². The number of guanidine groups is 1. The molecule has 1 atom stereocenters. The van der Waals surface area contributed by atoms with Gasteiger partial charge in [0.2, 0.25) is 5.91 Å². The Balaban J connectivity index is 0.00000420. The number of hydrogen-bond donors (Lipinski definition) is 2. The van der Waals surface area contributed by atoms with Gasteiger partial charge in [-0.3, -0.25) is 4.79 Å².